The van der Waals surface area contributed by atoms with E-state index in [1.165, 1.54) is 5.56 Å². The zero-order chi connectivity index (χ0) is 17.2. The minimum atomic E-state index is -0.410. The van der Waals surface area contributed by atoms with E-state index in [0.29, 0.717) is 12.5 Å². The third-order valence-electron chi connectivity index (χ3n) is 3.95. The molecule has 1 atom stereocenters. The van der Waals surface area contributed by atoms with Crippen LogP contribution in [0.5, 0.6) is 0 Å². The zero-order valence-corrected chi connectivity index (χ0v) is 14.5. The molecule has 1 aromatic carbocycles. The van der Waals surface area contributed by atoms with Crippen molar-refractivity contribution in [2.45, 2.75) is 46.0 Å². The van der Waals surface area contributed by atoms with Gasteiger partial charge in [0.05, 0.1) is 13.1 Å². The number of carbonyl (C=O) groups excluding carboxylic acids is 2. The fraction of sp³-hybridized carbons (Fsp3) is 0.556. The summed E-state index contributed by atoms with van der Waals surface area (Å²) in [6.45, 7) is 7.39. The van der Waals surface area contributed by atoms with Gasteiger partial charge in [-0.3, -0.25) is 14.5 Å². The van der Waals surface area contributed by atoms with E-state index in [1.807, 2.05) is 24.3 Å². The lowest BCUT2D eigenvalue weighted by molar-refractivity contribution is -0.121. The van der Waals surface area contributed by atoms with Crippen molar-refractivity contribution in [3.05, 3.63) is 29.8 Å². The van der Waals surface area contributed by atoms with E-state index in [4.69, 9.17) is 5.73 Å². The first kappa shape index (κ1) is 19.2. The third kappa shape index (κ3) is 7.28. The Kier molecular flexibility index (Phi) is 8.33. The van der Waals surface area contributed by atoms with Crippen LogP contribution < -0.4 is 11.1 Å². The molecule has 0 heterocycles. The number of hydrogen-bond acceptors (Lipinski definition) is 3. The van der Waals surface area contributed by atoms with E-state index < -0.39 is 5.91 Å². The maximum atomic E-state index is 12.1. The fourth-order valence-corrected chi connectivity index (χ4v) is 2.35. The summed E-state index contributed by atoms with van der Waals surface area (Å²) in [5.74, 6) is -0.0229. The molecule has 1 unspecified atom stereocenters. The smallest absolute Gasteiger partial charge is 0.238 e. The van der Waals surface area contributed by atoms with Crippen molar-refractivity contribution in [1.82, 2.24) is 4.90 Å². The molecule has 5 heteroatoms. The SMILES string of the molecule is CCCCN(CC(N)=O)CC(=O)Nc1ccc(C(C)CC)cc1. The molecule has 1 rings (SSSR count). The Morgan fingerprint density at radius 3 is 2.35 bits per heavy atom. The van der Waals surface area contributed by atoms with Crippen LogP contribution in [0.1, 0.15) is 51.5 Å². The number of nitrogens with one attached hydrogen (secondary N) is 1. The van der Waals surface area contributed by atoms with Gasteiger partial charge in [0.2, 0.25) is 11.8 Å². The number of anilines is 1. The summed E-state index contributed by atoms with van der Waals surface area (Å²) in [4.78, 5) is 25.0. The molecule has 3 N–H and O–H groups in total. The molecule has 5 nitrogen and oxygen atoms in total. The fourth-order valence-electron chi connectivity index (χ4n) is 2.35. The van der Waals surface area contributed by atoms with Crippen molar-refractivity contribution in [3.8, 4) is 0 Å². The summed E-state index contributed by atoms with van der Waals surface area (Å²) in [6.07, 6.45) is 3.03. The van der Waals surface area contributed by atoms with E-state index in [2.05, 4.69) is 26.1 Å². The number of nitrogens with zero attached hydrogens (tertiary/aromatic N) is 1. The second-order valence-corrected chi connectivity index (χ2v) is 6.01. The molecular weight excluding hydrogens is 290 g/mol. The topological polar surface area (TPSA) is 75.4 Å². The Bertz CT molecular complexity index is 499. The Balaban J connectivity index is 2.57. The highest BCUT2D eigenvalue weighted by Crippen LogP contribution is 2.20. The largest absolute Gasteiger partial charge is 0.369 e. The number of carbonyl (C=O) groups is 2. The van der Waals surface area contributed by atoms with Crippen molar-refractivity contribution in [2.24, 2.45) is 5.73 Å². The van der Waals surface area contributed by atoms with Crippen LogP contribution >= 0.6 is 0 Å². The monoisotopic (exact) mass is 319 g/mol. The summed E-state index contributed by atoms with van der Waals surface area (Å²) in [7, 11) is 0. The van der Waals surface area contributed by atoms with Gasteiger partial charge in [0, 0.05) is 5.69 Å². The summed E-state index contributed by atoms with van der Waals surface area (Å²) in [5.41, 5.74) is 7.28. The molecule has 1 aromatic rings. The molecule has 0 radical (unpaired) electrons. The Labute approximate surface area is 139 Å². The first-order chi connectivity index (χ1) is 11.0. The Hall–Kier alpha value is -1.88. The molecule has 0 aliphatic rings. The minimum Gasteiger partial charge on any atom is -0.369 e. The third-order valence-corrected chi connectivity index (χ3v) is 3.95. The molecule has 23 heavy (non-hydrogen) atoms. The van der Waals surface area contributed by atoms with Crippen LogP contribution in [0.15, 0.2) is 24.3 Å². The van der Waals surface area contributed by atoms with Crippen molar-refractivity contribution in [2.75, 3.05) is 25.0 Å². The van der Waals surface area contributed by atoms with Gasteiger partial charge in [-0.2, -0.15) is 0 Å². The highest BCUT2D eigenvalue weighted by atomic mass is 16.2. The minimum absolute atomic E-state index is 0.111. The maximum absolute atomic E-state index is 12.1. The highest BCUT2D eigenvalue weighted by molar-refractivity contribution is 5.92. The van der Waals surface area contributed by atoms with E-state index >= 15 is 0 Å². The number of rotatable bonds is 10. The van der Waals surface area contributed by atoms with Crippen molar-refractivity contribution < 1.29 is 9.59 Å². The predicted octanol–water partition coefficient (Wildman–Crippen LogP) is 2.73. The van der Waals surface area contributed by atoms with E-state index in [0.717, 1.165) is 24.9 Å². The lowest BCUT2D eigenvalue weighted by Crippen LogP contribution is -2.39. The van der Waals surface area contributed by atoms with Crippen LogP contribution in [0.4, 0.5) is 5.69 Å². The van der Waals surface area contributed by atoms with Crippen LogP contribution in [0.25, 0.3) is 0 Å². The van der Waals surface area contributed by atoms with E-state index in [-0.39, 0.29) is 19.0 Å². The van der Waals surface area contributed by atoms with E-state index in [1.54, 1.807) is 4.90 Å². The molecule has 2 amide bonds. The molecule has 0 saturated heterocycles. The number of nitrogens with two attached hydrogens (primary N) is 1. The molecule has 0 spiro atoms. The van der Waals surface area contributed by atoms with Crippen molar-refractivity contribution in [1.29, 1.82) is 0 Å². The van der Waals surface area contributed by atoms with Gasteiger partial charge in [0.1, 0.15) is 0 Å². The molecule has 0 aliphatic carbocycles. The normalized spacial score (nSPS) is 12.2. The lowest BCUT2D eigenvalue weighted by atomic mass is 9.99. The predicted molar refractivity (Wildman–Crippen MR) is 94.3 cm³/mol. The second kappa shape index (κ2) is 10.0. The molecule has 128 valence electrons. The average Bonchev–Trinajstić information content (AvgIpc) is 2.52. The summed E-state index contributed by atoms with van der Waals surface area (Å²) in [5, 5.41) is 2.87. The number of benzene rings is 1. The first-order valence-corrected chi connectivity index (χ1v) is 8.36. The molecule has 0 fully saturated rings. The highest BCUT2D eigenvalue weighted by Gasteiger charge is 2.13. The van der Waals surface area contributed by atoms with Gasteiger partial charge < -0.3 is 11.1 Å². The van der Waals surface area contributed by atoms with Crippen LogP contribution in [-0.4, -0.2) is 36.3 Å². The van der Waals surface area contributed by atoms with Gasteiger partial charge in [-0.05, 0) is 43.0 Å². The molecule has 0 aliphatic heterocycles. The Morgan fingerprint density at radius 1 is 1.17 bits per heavy atom. The van der Waals surface area contributed by atoms with E-state index in [9.17, 15) is 9.59 Å². The summed E-state index contributed by atoms with van der Waals surface area (Å²) >= 11 is 0. The molecular formula is C18H29N3O2. The maximum Gasteiger partial charge on any atom is 0.238 e. The van der Waals surface area contributed by atoms with Crippen LogP contribution in [0.3, 0.4) is 0 Å². The van der Waals surface area contributed by atoms with Crippen molar-refractivity contribution >= 4 is 17.5 Å². The van der Waals surface area contributed by atoms with Gasteiger partial charge in [-0.25, -0.2) is 0 Å². The van der Waals surface area contributed by atoms with Crippen LogP contribution in [0, 0.1) is 0 Å². The zero-order valence-electron chi connectivity index (χ0n) is 14.5. The number of primary amides is 1. The van der Waals surface area contributed by atoms with Gasteiger partial charge in [0.15, 0.2) is 0 Å². The number of amides is 2. The number of unbranched alkanes of at least 4 members (excludes halogenated alkanes) is 1. The average molecular weight is 319 g/mol. The molecule has 0 saturated carbocycles. The van der Waals surface area contributed by atoms with Crippen molar-refractivity contribution in [3.63, 3.8) is 0 Å². The number of hydrogen-bond donors (Lipinski definition) is 2. The standard InChI is InChI=1S/C18H29N3O2/c1-4-6-11-21(12-17(19)22)13-18(23)20-16-9-7-15(8-10-16)14(3)5-2/h7-10,14H,4-6,11-13H2,1-3H3,(H2,19,22)(H,20,23). The molecule has 0 aromatic heterocycles. The van der Waals surface area contributed by atoms with Crippen LogP contribution in [-0.2, 0) is 9.59 Å². The Morgan fingerprint density at radius 2 is 1.83 bits per heavy atom. The second-order valence-electron chi connectivity index (χ2n) is 6.01. The summed E-state index contributed by atoms with van der Waals surface area (Å²) in [6, 6.07) is 7.93. The van der Waals surface area contributed by atoms with Gasteiger partial charge in [0.25, 0.3) is 0 Å². The quantitative estimate of drug-likeness (QED) is 0.696. The van der Waals surface area contributed by atoms with Crippen LogP contribution in [0.2, 0.25) is 0 Å². The lowest BCUT2D eigenvalue weighted by Gasteiger charge is -2.20. The van der Waals surface area contributed by atoms with Gasteiger partial charge >= 0.3 is 0 Å². The summed E-state index contributed by atoms with van der Waals surface area (Å²) < 4.78 is 0. The van der Waals surface area contributed by atoms with Gasteiger partial charge in [-0.15, -0.1) is 0 Å². The van der Waals surface area contributed by atoms with Gasteiger partial charge in [-0.1, -0.05) is 39.3 Å². The molecule has 0 bridgehead atoms. The first-order valence-electron chi connectivity index (χ1n) is 8.36.